The molecule has 0 radical (unpaired) electrons. The molecule has 5 saturated carbocycles. The van der Waals surface area contributed by atoms with Crippen molar-refractivity contribution in [2.45, 2.75) is 601 Å². The Bertz CT molecular complexity index is 1950. The van der Waals surface area contributed by atoms with Crippen LogP contribution < -0.4 is 0 Å². The average Bonchev–Trinajstić information content (AvgIpc) is 1.58. The van der Waals surface area contributed by atoms with Gasteiger partial charge in [-0.15, -0.1) is 0 Å². The van der Waals surface area contributed by atoms with E-state index in [-0.39, 0.29) is 0 Å². The van der Waals surface area contributed by atoms with Crippen LogP contribution in [0.15, 0.2) is 0 Å². The fourth-order valence-electron chi connectivity index (χ4n) is 17.7. The number of unbranched alkanes of at least 4 members (excludes halogenated alkanes) is 2. The fraction of sp³-hybridized carbons (Fsp3) is 0.991. The Hall–Kier alpha value is -0.510. The van der Waals surface area contributed by atoms with Gasteiger partial charge in [-0.25, -0.2) is 0 Å². The van der Waals surface area contributed by atoms with Gasteiger partial charge in [0.25, 0.3) is 0 Å². The first-order chi connectivity index (χ1) is 54.9. The average molecular weight is 1670 g/mol. The minimum Gasteiger partial charge on any atom is -0.198 e. The van der Waals surface area contributed by atoms with Gasteiger partial charge in [-0.3, -0.25) is 0 Å². The van der Waals surface area contributed by atoms with E-state index in [0.29, 0.717) is 28.6 Å². The van der Waals surface area contributed by atoms with E-state index >= 15 is 0 Å². The third-order valence-electron chi connectivity index (χ3n) is 32.6. The van der Waals surface area contributed by atoms with Crippen molar-refractivity contribution >= 4 is 0 Å². The van der Waals surface area contributed by atoms with Crippen LogP contribution in [0, 0.1) is 163 Å². The molecule has 0 heterocycles. The largest absolute Gasteiger partial charge is 0.198 e. The highest BCUT2D eigenvalue weighted by Crippen LogP contribution is 2.51. The summed E-state index contributed by atoms with van der Waals surface area (Å²) in [6.45, 7) is 107. The van der Waals surface area contributed by atoms with E-state index in [2.05, 4.69) is 325 Å². The zero-order chi connectivity index (χ0) is 93.4. The van der Waals surface area contributed by atoms with E-state index in [0.717, 1.165) is 136 Å². The Morgan fingerprint density at radius 2 is 0.407 bits per heavy atom. The Kier molecular flexibility index (Phi) is 92.6. The second-order valence-electron chi connectivity index (χ2n) is 45.9. The molecule has 0 amide bonds. The van der Waals surface area contributed by atoms with Gasteiger partial charge < -0.3 is 0 Å². The van der Waals surface area contributed by atoms with Crippen LogP contribution >= 0.6 is 0 Å². The highest BCUT2D eigenvalue weighted by atomic mass is 14.5. The number of hydrogen-bond acceptors (Lipinski definition) is 1. The highest BCUT2D eigenvalue weighted by molar-refractivity contribution is 4.91. The van der Waals surface area contributed by atoms with E-state index < -0.39 is 0 Å². The first-order valence-corrected chi connectivity index (χ1v) is 54.3. The van der Waals surface area contributed by atoms with E-state index in [1.807, 2.05) is 0 Å². The van der Waals surface area contributed by atoms with Crippen molar-refractivity contribution in [2.75, 3.05) is 0 Å². The lowest BCUT2D eigenvalue weighted by atomic mass is 9.64. The van der Waals surface area contributed by atoms with E-state index in [1.54, 1.807) is 0 Å². The van der Waals surface area contributed by atoms with Crippen molar-refractivity contribution < 1.29 is 0 Å². The van der Waals surface area contributed by atoms with Gasteiger partial charge in [0.15, 0.2) is 0 Å². The maximum absolute atomic E-state index is 8.25. The maximum Gasteiger partial charge on any atom is 0.0621 e. The van der Waals surface area contributed by atoms with Crippen molar-refractivity contribution in [3.05, 3.63) is 0 Å². The summed E-state index contributed by atoms with van der Waals surface area (Å²) < 4.78 is 0. The summed E-state index contributed by atoms with van der Waals surface area (Å²) in [5, 5.41) is 8.25. The second kappa shape index (κ2) is 82.2. The quantitative estimate of drug-likeness (QED) is 0.0569. The fourth-order valence-corrected chi connectivity index (χ4v) is 17.7. The molecule has 0 N–H and O–H groups in total. The number of hydrogen-bond donors (Lipinski definition) is 0. The molecule has 1 heteroatoms. The summed E-state index contributed by atoms with van der Waals surface area (Å²) in [5.74, 6) is 18.8. The second-order valence-corrected chi connectivity index (χ2v) is 45.9. The summed E-state index contributed by atoms with van der Waals surface area (Å²) in [5.41, 5.74) is 3.51. The Balaban J connectivity index is -0.000000185. The molecule has 5 rings (SSSR count). The highest BCUT2D eigenvalue weighted by Gasteiger charge is 2.40. The molecule has 0 aliphatic heterocycles. The molecule has 5 aliphatic carbocycles. The van der Waals surface area contributed by atoms with Gasteiger partial charge in [-0.1, -0.05) is 524 Å². The lowest BCUT2D eigenvalue weighted by Gasteiger charge is -2.42. The van der Waals surface area contributed by atoms with Crippen LogP contribution in [0.25, 0.3) is 0 Å². The SMILES string of the molecule is CC(C)C(C)CCC#N.CC(C)C1(C)CC1.CC(C)C1(C)CCC1.CC(C)C1(C)CCCC1.CC(C)C1(C)CCCCC1.CC(C)C1(C)CCCCCC1.CCC(C)C(C)C.CCC(CC)C(C)C.CCCC(CC)C(C)C.CCCC(CC)C(C)C.CCCC(CCC)C(C)C.CCCCC(CC)C(C)C.CCCCC(CCC)C(C)C. The minimum absolute atomic E-state index is 0.663. The van der Waals surface area contributed by atoms with Crippen LogP contribution in [0.3, 0.4) is 0 Å². The van der Waals surface area contributed by atoms with Crippen LogP contribution in [0.5, 0.6) is 0 Å². The normalized spacial score (nSPS) is 18.0. The summed E-state index contributed by atoms with van der Waals surface area (Å²) >= 11 is 0. The van der Waals surface area contributed by atoms with Crippen LogP contribution in [0.2, 0.25) is 0 Å². The van der Waals surface area contributed by atoms with Crippen LogP contribution in [0.4, 0.5) is 0 Å². The van der Waals surface area contributed by atoms with Gasteiger partial charge in [0, 0.05) is 6.42 Å². The standard InChI is InChI=1S/C11H22.C11H24.C10H20.2C10H22.C9H18.2C9H20.C8H15N.C8H16.C8H18.C7H14.C7H16/c1-10(2)11(3)8-6-4-5-7-9-11;1-5-7-9-11(8-6-2)10(3)4;1-9(2)10(3)7-5-4-6-8-10;1-5-7-8-10(6-2)9(3)4;1-5-7-10(8-6-2)9(3)4;1-8(2)9(3)6-4-5-7-9;2*1-5-7-9(6-2)8(3)4;1-7(2)8(3)5-4-6-9;1-7(2)8(3)5-4-6-8;1-5-8(6-2)7(3)4;1-6(2)7(3)4-5-7;1-5-7(4)6(2)3/h10H,4-9H2,1-3H3;10-11H,5-9H2,1-4H3;9H,4-8H2,1-3H3;2*9-10H,5-8H2,1-4H3;8H,4-7H2,1-3H3;2*8-9H,5-7H2,1-4H3;7-8H,4-5H2,1-3H3;7H,4-6H2,1-3H3;7-8H,5-6H2,1-4H3;6H,4-5H2,1-3H3;6-7H,5H2,1-4H3. The summed E-state index contributed by atoms with van der Waals surface area (Å²) in [6.07, 6.45) is 61.4. The molecular formula is C117H247N. The molecule has 720 valence electrons. The molecule has 6 unspecified atom stereocenters. The molecule has 0 spiro atoms. The monoisotopic (exact) mass is 1670 g/mol. The van der Waals surface area contributed by atoms with Crippen molar-refractivity contribution in [2.24, 2.45) is 151 Å². The molecular weight excluding hydrogens is 1420 g/mol. The van der Waals surface area contributed by atoms with Gasteiger partial charge in [0.2, 0.25) is 0 Å². The number of rotatable bonds is 37. The van der Waals surface area contributed by atoms with Gasteiger partial charge in [-0.05, 0) is 222 Å². The van der Waals surface area contributed by atoms with E-state index in [4.69, 9.17) is 5.26 Å². The Morgan fingerprint density at radius 3 is 0.551 bits per heavy atom. The Morgan fingerprint density at radius 1 is 0.203 bits per heavy atom. The zero-order valence-electron chi connectivity index (χ0n) is 92.7. The van der Waals surface area contributed by atoms with Crippen LogP contribution in [-0.2, 0) is 0 Å². The number of nitriles is 1. The predicted octanol–water partition coefficient (Wildman–Crippen LogP) is 43.4. The molecule has 0 bridgehead atoms. The van der Waals surface area contributed by atoms with E-state index in [9.17, 15) is 0 Å². The smallest absolute Gasteiger partial charge is 0.0621 e. The Labute approximate surface area is 759 Å². The minimum atomic E-state index is 0.663. The molecule has 5 aliphatic rings. The summed E-state index contributed by atoms with van der Waals surface area (Å²) in [4.78, 5) is 0. The molecule has 1 nitrogen and oxygen atoms in total. The van der Waals surface area contributed by atoms with Crippen molar-refractivity contribution in [3.8, 4) is 6.07 Å². The van der Waals surface area contributed by atoms with E-state index in [1.165, 1.54) is 270 Å². The van der Waals surface area contributed by atoms with Crippen molar-refractivity contribution in [3.63, 3.8) is 0 Å². The third kappa shape index (κ3) is 73.5. The third-order valence-corrected chi connectivity index (χ3v) is 32.6. The van der Waals surface area contributed by atoms with Crippen molar-refractivity contribution in [1.29, 1.82) is 5.26 Å². The lowest BCUT2D eigenvalue weighted by molar-refractivity contribution is 0.0934. The molecule has 118 heavy (non-hydrogen) atoms. The lowest BCUT2D eigenvalue weighted by Crippen LogP contribution is -2.30. The molecule has 6 atom stereocenters. The van der Waals surface area contributed by atoms with Crippen LogP contribution in [-0.4, -0.2) is 0 Å². The topological polar surface area (TPSA) is 23.8 Å². The molecule has 5 fully saturated rings. The first kappa shape index (κ1) is 133. The predicted molar refractivity (Wildman–Crippen MR) is 555 cm³/mol. The number of nitrogens with zero attached hydrogens (tertiary/aromatic N) is 1. The zero-order valence-corrected chi connectivity index (χ0v) is 92.7. The summed E-state index contributed by atoms with van der Waals surface area (Å²) in [7, 11) is 0. The van der Waals surface area contributed by atoms with Crippen LogP contribution in [0.1, 0.15) is 601 Å². The summed E-state index contributed by atoms with van der Waals surface area (Å²) in [6, 6.07) is 2.15. The van der Waals surface area contributed by atoms with Gasteiger partial charge in [0.05, 0.1) is 6.07 Å². The molecule has 0 aromatic carbocycles. The van der Waals surface area contributed by atoms with Gasteiger partial charge in [0.1, 0.15) is 0 Å². The first-order valence-electron chi connectivity index (χ1n) is 54.3. The molecule has 0 saturated heterocycles. The van der Waals surface area contributed by atoms with Gasteiger partial charge in [-0.2, -0.15) is 5.26 Å². The molecule has 0 aromatic rings. The van der Waals surface area contributed by atoms with Crippen molar-refractivity contribution in [1.82, 2.24) is 0 Å². The molecule has 0 aromatic heterocycles. The maximum atomic E-state index is 8.25. The van der Waals surface area contributed by atoms with Gasteiger partial charge >= 0.3 is 0 Å².